The van der Waals surface area contributed by atoms with Crippen LogP contribution in [0.15, 0.2) is 35.5 Å². The van der Waals surface area contributed by atoms with Crippen molar-refractivity contribution in [3.63, 3.8) is 0 Å². The normalized spacial score (nSPS) is 53.2. The van der Waals surface area contributed by atoms with Gasteiger partial charge in [-0.15, -0.1) is 0 Å². The second-order valence-electron chi connectivity index (χ2n) is 8.20. The van der Waals surface area contributed by atoms with Crippen molar-refractivity contribution in [2.45, 2.75) is 57.8 Å². The molecule has 0 amide bonds. The highest BCUT2D eigenvalue weighted by Gasteiger charge is 2.57. The van der Waals surface area contributed by atoms with E-state index in [-0.39, 0.29) is 28.9 Å². The third-order valence-corrected chi connectivity index (χ3v) is 7.15. The van der Waals surface area contributed by atoms with E-state index in [4.69, 9.17) is 5.73 Å². The number of aliphatic hydroxyl groups is 2. The molecule has 3 nitrogen and oxygen atoms in total. The molecule has 22 heavy (non-hydrogen) atoms. The van der Waals surface area contributed by atoms with Gasteiger partial charge in [0.15, 0.2) is 0 Å². The van der Waals surface area contributed by atoms with Crippen LogP contribution in [0.5, 0.6) is 0 Å². The van der Waals surface area contributed by atoms with E-state index in [0.29, 0.717) is 12.3 Å². The first kappa shape index (κ1) is 14.7. The molecule has 120 valence electrons. The van der Waals surface area contributed by atoms with Crippen LogP contribution >= 0.6 is 0 Å². The number of hydrogen-bond acceptors (Lipinski definition) is 3. The highest BCUT2D eigenvalue weighted by molar-refractivity contribution is 5.46. The van der Waals surface area contributed by atoms with Gasteiger partial charge in [-0.2, -0.15) is 0 Å². The number of nitrogens with two attached hydrogens (primary N) is 1. The summed E-state index contributed by atoms with van der Waals surface area (Å²) in [4.78, 5) is 0. The van der Waals surface area contributed by atoms with Crippen LogP contribution < -0.4 is 5.73 Å². The minimum Gasteiger partial charge on any atom is -0.392 e. The van der Waals surface area contributed by atoms with E-state index >= 15 is 0 Å². The predicted molar refractivity (Wildman–Crippen MR) is 87.0 cm³/mol. The summed E-state index contributed by atoms with van der Waals surface area (Å²) in [7, 11) is 0. The zero-order valence-electron chi connectivity index (χ0n) is 13.5. The molecule has 0 aliphatic heterocycles. The van der Waals surface area contributed by atoms with Gasteiger partial charge in [0.1, 0.15) is 0 Å². The first-order valence-electron chi connectivity index (χ1n) is 8.59. The van der Waals surface area contributed by atoms with E-state index in [1.165, 1.54) is 11.1 Å². The Bertz CT molecular complexity index is 592. The number of rotatable bonds is 0. The summed E-state index contributed by atoms with van der Waals surface area (Å²) in [6.07, 6.45) is 11.3. The third-order valence-electron chi connectivity index (χ3n) is 7.15. The molecule has 4 aliphatic carbocycles. The first-order valence-corrected chi connectivity index (χ1v) is 8.59. The van der Waals surface area contributed by atoms with Gasteiger partial charge >= 0.3 is 0 Å². The smallest absolute Gasteiger partial charge is 0.0906 e. The van der Waals surface area contributed by atoms with Gasteiger partial charge in [0.2, 0.25) is 0 Å². The van der Waals surface area contributed by atoms with E-state index in [1.807, 2.05) is 12.2 Å². The molecule has 0 saturated heterocycles. The van der Waals surface area contributed by atoms with Gasteiger partial charge < -0.3 is 15.9 Å². The number of aliphatic hydroxyl groups excluding tert-OH is 2. The summed E-state index contributed by atoms with van der Waals surface area (Å²) in [5, 5.41) is 20.8. The van der Waals surface area contributed by atoms with E-state index < -0.39 is 6.10 Å². The summed E-state index contributed by atoms with van der Waals surface area (Å²) in [6.45, 7) is 4.55. The van der Waals surface area contributed by atoms with Crippen LogP contribution in [0, 0.1) is 22.7 Å². The van der Waals surface area contributed by atoms with E-state index in [9.17, 15) is 10.2 Å². The Morgan fingerprint density at radius 2 is 2.00 bits per heavy atom. The molecule has 0 heterocycles. The fourth-order valence-corrected chi connectivity index (χ4v) is 5.65. The first-order chi connectivity index (χ1) is 10.4. The highest BCUT2D eigenvalue weighted by Crippen LogP contribution is 2.61. The summed E-state index contributed by atoms with van der Waals surface area (Å²) < 4.78 is 0. The largest absolute Gasteiger partial charge is 0.392 e. The second-order valence-corrected chi connectivity index (χ2v) is 8.20. The molecule has 0 aromatic carbocycles. The molecule has 4 rings (SSSR count). The van der Waals surface area contributed by atoms with Crippen molar-refractivity contribution < 1.29 is 10.2 Å². The molecule has 7 atom stereocenters. The molecule has 0 aromatic heterocycles. The standard InChI is InChI=1S/C19H27NO2/c1-18-7-5-12(21)9-11(18)10-15(22)17-13-3-4-16(20)19(13,2)8-6-14(17)18/h5-7,9,12-13,15-17,21-22H,3-4,8,10,20H2,1-2H3/t12-,13-,15-,16-,17-,18-,19-/m0/s1. The molecule has 0 unspecified atom stereocenters. The Kier molecular flexibility index (Phi) is 3.04. The van der Waals surface area contributed by atoms with Crippen molar-refractivity contribution in [2.24, 2.45) is 28.4 Å². The highest BCUT2D eigenvalue weighted by atomic mass is 16.3. The Morgan fingerprint density at radius 1 is 1.23 bits per heavy atom. The van der Waals surface area contributed by atoms with Crippen LogP contribution in [-0.2, 0) is 0 Å². The van der Waals surface area contributed by atoms with Crippen LogP contribution in [0.1, 0.15) is 39.5 Å². The number of allylic oxidation sites excluding steroid dienone is 2. The van der Waals surface area contributed by atoms with Gasteiger partial charge in [-0.1, -0.05) is 42.4 Å². The van der Waals surface area contributed by atoms with E-state index in [1.54, 1.807) is 0 Å². The maximum absolute atomic E-state index is 10.9. The SMILES string of the molecule is C[C@]12C=C[C@H](O)C=C1C[C@H](O)[C@@H]1C2=CC[C@]2(C)[C@@H](N)CC[C@@H]12. The van der Waals surface area contributed by atoms with Gasteiger partial charge in [-0.05, 0) is 43.9 Å². The van der Waals surface area contributed by atoms with Crippen molar-refractivity contribution in [1.29, 1.82) is 0 Å². The lowest BCUT2D eigenvalue weighted by Crippen LogP contribution is -2.51. The van der Waals surface area contributed by atoms with Crippen LogP contribution in [0.25, 0.3) is 0 Å². The van der Waals surface area contributed by atoms with Crippen molar-refractivity contribution in [1.82, 2.24) is 0 Å². The summed E-state index contributed by atoms with van der Waals surface area (Å²) in [5.74, 6) is 0.700. The lowest BCUT2D eigenvalue weighted by atomic mass is 9.52. The van der Waals surface area contributed by atoms with Crippen molar-refractivity contribution in [3.05, 3.63) is 35.5 Å². The molecule has 2 saturated carbocycles. The Labute approximate surface area is 132 Å². The van der Waals surface area contributed by atoms with Gasteiger partial charge in [0.05, 0.1) is 12.2 Å². The molecular weight excluding hydrogens is 274 g/mol. The topological polar surface area (TPSA) is 66.5 Å². The lowest BCUT2D eigenvalue weighted by molar-refractivity contribution is 0.0164. The fraction of sp³-hybridized carbons (Fsp3) is 0.684. The Balaban J connectivity index is 1.81. The zero-order chi connectivity index (χ0) is 15.7. The number of fused-ring (bicyclic) bond motifs is 5. The lowest BCUT2D eigenvalue weighted by Gasteiger charge is -2.54. The van der Waals surface area contributed by atoms with Crippen LogP contribution in [0.4, 0.5) is 0 Å². The fourth-order valence-electron chi connectivity index (χ4n) is 5.65. The molecule has 0 bridgehead atoms. The molecule has 4 N–H and O–H groups in total. The summed E-state index contributed by atoms with van der Waals surface area (Å²) >= 11 is 0. The third kappa shape index (κ3) is 1.73. The van der Waals surface area contributed by atoms with Gasteiger partial charge in [-0.3, -0.25) is 0 Å². The average molecular weight is 301 g/mol. The number of hydrogen-bond donors (Lipinski definition) is 3. The predicted octanol–water partition coefficient (Wildman–Crippen LogP) is 2.30. The summed E-state index contributed by atoms with van der Waals surface area (Å²) in [6, 6.07) is 0.246. The van der Waals surface area contributed by atoms with Crippen LogP contribution in [0.2, 0.25) is 0 Å². The van der Waals surface area contributed by atoms with Gasteiger partial charge in [0, 0.05) is 17.4 Å². The van der Waals surface area contributed by atoms with Gasteiger partial charge in [-0.25, -0.2) is 0 Å². The summed E-state index contributed by atoms with van der Waals surface area (Å²) in [5.41, 5.74) is 8.93. The minimum absolute atomic E-state index is 0.128. The quantitative estimate of drug-likeness (QED) is 0.602. The van der Waals surface area contributed by atoms with E-state index in [0.717, 1.165) is 19.3 Å². The van der Waals surface area contributed by atoms with Crippen molar-refractivity contribution >= 4 is 0 Å². The van der Waals surface area contributed by atoms with Crippen LogP contribution in [-0.4, -0.2) is 28.5 Å². The Hall–Kier alpha value is -0.900. The molecule has 0 radical (unpaired) electrons. The van der Waals surface area contributed by atoms with Crippen molar-refractivity contribution in [2.75, 3.05) is 0 Å². The molecule has 0 aromatic rings. The van der Waals surface area contributed by atoms with Crippen molar-refractivity contribution in [3.8, 4) is 0 Å². The van der Waals surface area contributed by atoms with Crippen LogP contribution in [0.3, 0.4) is 0 Å². The minimum atomic E-state index is -0.513. The monoisotopic (exact) mass is 301 g/mol. The molecule has 4 aliphatic rings. The van der Waals surface area contributed by atoms with Gasteiger partial charge in [0.25, 0.3) is 0 Å². The zero-order valence-corrected chi connectivity index (χ0v) is 13.5. The molecule has 0 spiro atoms. The average Bonchev–Trinajstić information content (AvgIpc) is 2.77. The second kappa shape index (κ2) is 4.56. The molecule has 3 heteroatoms. The van der Waals surface area contributed by atoms with E-state index in [2.05, 4.69) is 26.0 Å². The maximum Gasteiger partial charge on any atom is 0.0906 e. The molecular formula is C19H27NO2. The molecule has 2 fully saturated rings. The maximum atomic E-state index is 10.9. The Morgan fingerprint density at radius 3 is 2.77 bits per heavy atom.